The SMILES string of the molecule is CCCC=CP(C(C)C)C(C)C.[Pd]. The van der Waals surface area contributed by atoms with E-state index >= 15 is 0 Å². The fraction of sp³-hybridized carbons (Fsp3) is 0.818. The smallest absolute Gasteiger partial charge is 0 e. The van der Waals surface area contributed by atoms with Gasteiger partial charge in [-0.05, 0) is 17.7 Å². The third-order valence-corrected chi connectivity index (χ3v) is 4.87. The van der Waals surface area contributed by atoms with E-state index < -0.39 is 0 Å². The summed E-state index contributed by atoms with van der Waals surface area (Å²) in [7, 11) is 0.129. The van der Waals surface area contributed by atoms with Gasteiger partial charge in [-0.25, -0.2) is 0 Å². The van der Waals surface area contributed by atoms with E-state index in [4.69, 9.17) is 0 Å². The van der Waals surface area contributed by atoms with Crippen LogP contribution in [0.2, 0.25) is 0 Å². The minimum atomic E-state index is 0. The summed E-state index contributed by atoms with van der Waals surface area (Å²) < 4.78 is 0. The van der Waals surface area contributed by atoms with Crippen molar-refractivity contribution in [1.82, 2.24) is 0 Å². The molecule has 0 spiro atoms. The largest absolute Gasteiger partial charge is 0.0840 e. The predicted molar refractivity (Wildman–Crippen MR) is 61.2 cm³/mol. The second kappa shape index (κ2) is 9.39. The van der Waals surface area contributed by atoms with Crippen LogP contribution >= 0.6 is 7.92 Å². The van der Waals surface area contributed by atoms with Gasteiger partial charge in [0.05, 0.1) is 0 Å². The Morgan fingerprint density at radius 3 is 1.85 bits per heavy atom. The molecule has 0 aliphatic rings. The Hall–Kier alpha value is 0.832. The number of hydrogen-bond acceptors (Lipinski definition) is 0. The van der Waals surface area contributed by atoms with E-state index in [2.05, 4.69) is 46.5 Å². The second-order valence-corrected chi connectivity index (χ2v) is 7.07. The predicted octanol–water partition coefficient (Wildman–Crippen LogP) is 4.60. The third-order valence-electron chi connectivity index (χ3n) is 1.93. The van der Waals surface area contributed by atoms with Gasteiger partial charge >= 0.3 is 0 Å². The molecule has 0 aromatic rings. The topological polar surface area (TPSA) is 0 Å². The summed E-state index contributed by atoms with van der Waals surface area (Å²) in [6.07, 6.45) is 4.89. The van der Waals surface area contributed by atoms with Crippen LogP contribution in [0.25, 0.3) is 0 Å². The summed E-state index contributed by atoms with van der Waals surface area (Å²) in [5, 5.41) is 0. The number of unbranched alkanes of at least 4 members (excludes halogenated alkanes) is 1. The maximum Gasteiger partial charge on any atom is 0 e. The molecule has 0 radical (unpaired) electrons. The molecule has 0 aromatic carbocycles. The molecule has 0 rings (SSSR count). The van der Waals surface area contributed by atoms with E-state index in [0.29, 0.717) is 0 Å². The number of hydrogen-bond donors (Lipinski definition) is 0. The van der Waals surface area contributed by atoms with Gasteiger partial charge < -0.3 is 0 Å². The molecule has 0 fully saturated rings. The molecule has 0 aromatic heterocycles. The Balaban J connectivity index is 0. The Kier molecular flexibility index (Phi) is 11.8. The first kappa shape index (κ1) is 16.3. The van der Waals surface area contributed by atoms with Crippen molar-refractivity contribution in [1.29, 1.82) is 0 Å². The molecule has 0 aliphatic heterocycles. The molecule has 0 heterocycles. The van der Waals surface area contributed by atoms with Gasteiger partial charge in [0.2, 0.25) is 0 Å². The molecule has 0 unspecified atom stereocenters. The van der Waals surface area contributed by atoms with Gasteiger partial charge in [0.15, 0.2) is 0 Å². The minimum Gasteiger partial charge on any atom is -0.0840 e. The summed E-state index contributed by atoms with van der Waals surface area (Å²) >= 11 is 0. The first-order chi connectivity index (χ1) is 5.59. The van der Waals surface area contributed by atoms with Gasteiger partial charge in [-0.15, -0.1) is 0 Å². The molecule has 82 valence electrons. The zero-order valence-electron chi connectivity index (χ0n) is 9.49. The Morgan fingerprint density at radius 1 is 1.08 bits per heavy atom. The Labute approximate surface area is 99.0 Å². The molecule has 0 amide bonds. The monoisotopic (exact) mass is 292 g/mol. The van der Waals surface area contributed by atoms with Crippen LogP contribution in [0.1, 0.15) is 47.5 Å². The van der Waals surface area contributed by atoms with E-state index in [1.54, 1.807) is 0 Å². The zero-order chi connectivity index (χ0) is 9.56. The third kappa shape index (κ3) is 7.87. The summed E-state index contributed by atoms with van der Waals surface area (Å²) in [6.45, 7) is 11.6. The Morgan fingerprint density at radius 2 is 1.54 bits per heavy atom. The van der Waals surface area contributed by atoms with Crippen molar-refractivity contribution in [2.24, 2.45) is 0 Å². The van der Waals surface area contributed by atoms with Crippen molar-refractivity contribution >= 4 is 7.92 Å². The van der Waals surface area contributed by atoms with Gasteiger partial charge in [-0.2, -0.15) is 0 Å². The molecular formula is C11H23PPd. The molecule has 13 heavy (non-hydrogen) atoms. The van der Waals surface area contributed by atoms with Crippen LogP contribution in [0.15, 0.2) is 11.9 Å². The van der Waals surface area contributed by atoms with E-state index in [0.717, 1.165) is 11.3 Å². The molecular weight excluding hydrogens is 270 g/mol. The summed E-state index contributed by atoms with van der Waals surface area (Å²) in [6, 6.07) is 0. The maximum absolute atomic E-state index is 2.47. The molecule has 0 nitrogen and oxygen atoms in total. The van der Waals surface area contributed by atoms with Crippen molar-refractivity contribution in [3.63, 3.8) is 0 Å². The van der Waals surface area contributed by atoms with Crippen molar-refractivity contribution in [3.8, 4) is 0 Å². The standard InChI is InChI=1S/C11H23P.Pd/c1-6-7-8-9-12(10(2)3)11(4)5;/h8-11H,6-7H2,1-5H3;. The van der Waals surface area contributed by atoms with Crippen molar-refractivity contribution in [2.45, 2.75) is 58.8 Å². The van der Waals surface area contributed by atoms with Crippen molar-refractivity contribution in [2.75, 3.05) is 0 Å². The molecule has 0 atom stereocenters. The van der Waals surface area contributed by atoms with Gasteiger partial charge in [0, 0.05) is 20.4 Å². The van der Waals surface area contributed by atoms with Crippen LogP contribution in [-0.4, -0.2) is 11.3 Å². The fourth-order valence-electron chi connectivity index (χ4n) is 1.30. The number of allylic oxidation sites excluding steroid dienone is 1. The maximum atomic E-state index is 2.47. The van der Waals surface area contributed by atoms with Gasteiger partial charge in [0.1, 0.15) is 0 Å². The van der Waals surface area contributed by atoms with Gasteiger partial charge in [0.25, 0.3) is 0 Å². The van der Waals surface area contributed by atoms with Crippen LogP contribution in [0.3, 0.4) is 0 Å². The normalized spacial score (nSPS) is 11.7. The van der Waals surface area contributed by atoms with Crippen molar-refractivity contribution < 1.29 is 20.4 Å². The first-order valence-corrected chi connectivity index (χ1v) is 6.58. The van der Waals surface area contributed by atoms with E-state index in [9.17, 15) is 0 Å². The second-order valence-electron chi connectivity index (χ2n) is 3.81. The number of rotatable bonds is 5. The minimum absolute atomic E-state index is 0. The van der Waals surface area contributed by atoms with Crippen molar-refractivity contribution in [3.05, 3.63) is 11.9 Å². The molecule has 0 saturated heterocycles. The van der Waals surface area contributed by atoms with E-state index in [1.807, 2.05) is 0 Å². The fourth-order valence-corrected chi connectivity index (χ4v) is 3.58. The zero-order valence-corrected chi connectivity index (χ0v) is 11.9. The van der Waals surface area contributed by atoms with Gasteiger partial charge in [-0.1, -0.05) is 60.9 Å². The van der Waals surface area contributed by atoms with E-state index in [-0.39, 0.29) is 28.3 Å². The molecule has 0 N–H and O–H groups in total. The van der Waals surface area contributed by atoms with Crippen LogP contribution < -0.4 is 0 Å². The summed E-state index contributed by atoms with van der Waals surface area (Å²) in [5.41, 5.74) is 1.68. The summed E-state index contributed by atoms with van der Waals surface area (Å²) in [4.78, 5) is 0. The van der Waals surface area contributed by atoms with E-state index in [1.165, 1.54) is 12.8 Å². The van der Waals surface area contributed by atoms with Crippen LogP contribution in [0, 0.1) is 0 Å². The first-order valence-electron chi connectivity index (χ1n) is 5.03. The summed E-state index contributed by atoms with van der Waals surface area (Å²) in [5.74, 6) is 2.47. The molecule has 0 saturated carbocycles. The quantitative estimate of drug-likeness (QED) is 0.513. The molecule has 0 aliphatic carbocycles. The van der Waals surface area contributed by atoms with Crippen LogP contribution in [0.5, 0.6) is 0 Å². The van der Waals surface area contributed by atoms with Crippen LogP contribution in [-0.2, 0) is 20.4 Å². The van der Waals surface area contributed by atoms with Crippen LogP contribution in [0.4, 0.5) is 0 Å². The average Bonchev–Trinajstić information content (AvgIpc) is 1.96. The molecule has 0 bridgehead atoms. The Bertz CT molecular complexity index is 122. The average molecular weight is 293 g/mol. The van der Waals surface area contributed by atoms with Gasteiger partial charge in [-0.3, -0.25) is 0 Å². The molecule has 2 heteroatoms.